The highest BCUT2D eigenvalue weighted by atomic mass is 32.1. The number of aromatic nitrogens is 5. The number of Topliss-reactive ketones (excluding diaryl/α,β-unsaturated/α-hetero) is 6. The van der Waals surface area contributed by atoms with Crippen LogP contribution in [0.3, 0.4) is 0 Å². The number of hydrogen-bond donors (Lipinski definition) is 2. The zero-order valence-electron chi connectivity index (χ0n) is 36.2. The van der Waals surface area contributed by atoms with Crippen LogP contribution in [0.1, 0.15) is 113 Å². The lowest BCUT2D eigenvalue weighted by Crippen LogP contribution is -2.23. The monoisotopic (exact) mass is 837 g/mol. The third kappa shape index (κ3) is 8.64. The predicted molar refractivity (Wildman–Crippen MR) is 235 cm³/mol. The zero-order valence-corrected chi connectivity index (χ0v) is 37.0. The van der Waals surface area contributed by atoms with Crippen LogP contribution in [0.5, 0.6) is 0 Å². The molecule has 2 N–H and O–H groups in total. The fourth-order valence-corrected chi connectivity index (χ4v) is 9.49. The molecule has 3 aliphatic carbocycles. The molecule has 3 aromatic heterocycles. The van der Waals surface area contributed by atoms with Crippen molar-refractivity contribution in [3.8, 4) is 0 Å². The van der Waals surface area contributed by atoms with Gasteiger partial charge in [0, 0.05) is 116 Å². The number of imidazole rings is 2. The van der Waals surface area contributed by atoms with E-state index in [1.165, 1.54) is 11.3 Å². The van der Waals surface area contributed by atoms with Crippen LogP contribution in [-0.4, -0.2) is 59.6 Å². The topological polar surface area (TPSA) is 173 Å². The fraction of sp³-hybridized carbons (Fsp3) is 0.367. The molecule has 0 unspecified atom stereocenters. The van der Waals surface area contributed by atoms with Crippen molar-refractivity contribution in [3.05, 3.63) is 130 Å². The summed E-state index contributed by atoms with van der Waals surface area (Å²) >= 11 is 1.51. The summed E-state index contributed by atoms with van der Waals surface area (Å²) in [5.74, 6) is 0.807. The minimum absolute atomic E-state index is 0.0582. The van der Waals surface area contributed by atoms with Crippen molar-refractivity contribution in [2.75, 3.05) is 0 Å². The second-order valence-corrected chi connectivity index (χ2v) is 17.8. The molecule has 0 radical (unpaired) electrons. The van der Waals surface area contributed by atoms with Gasteiger partial charge in [0.2, 0.25) is 0 Å². The summed E-state index contributed by atoms with van der Waals surface area (Å²) in [6, 6.07) is 6.10. The largest absolute Gasteiger partial charge is 0.346 e. The molecule has 11 nitrogen and oxygen atoms in total. The third-order valence-corrected chi connectivity index (χ3v) is 13.7. The van der Waals surface area contributed by atoms with Gasteiger partial charge in [-0.05, 0) is 112 Å². The second-order valence-electron chi connectivity index (χ2n) is 16.6. The Morgan fingerprint density at radius 1 is 0.492 bits per heavy atom. The Labute approximate surface area is 359 Å². The zero-order chi connectivity index (χ0) is 43.9. The van der Waals surface area contributed by atoms with Crippen LogP contribution in [0.15, 0.2) is 97.5 Å². The molecule has 4 aromatic rings. The highest BCUT2D eigenvalue weighted by Gasteiger charge is 2.32. The summed E-state index contributed by atoms with van der Waals surface area (Å²) in [6.45, 7) is 14.0. The first-order valence-corrected chi connectivity index (χ1v) is 21.7. The van der Waals surface area contributed by atoms with E-state index in [1.807, 2.05) is 19.1 Å². The summed E-state index contributed by atoms with van der Waals surface area (Å²) in [7, 11) is 0. The number of nitrogens with one attached hydrogen (secondary N) is 2. The molecule has 0 aliphatic heterocycles. The number of carbonyl (C=O) groups is 6. The van der Waals surface area contributed by atoms with Crippen molar-refractivity contribution < 1.29 is 28.8 Å². The number of nitrogens with zero attached hydrogens (tertiary/aromatic N) is 3. The van der Waals surface area contributed by atoms with Gasteiger partial charge in [-0.1, -0.05) is 6.07 Å². The molecule has 0 saturated heterocycles. The third-order valence-electron chi connectivity index (χ3n) is 12.6. The van der Waals surface area contributed by atoms with Crippen LogP contribution in [-0.2, 0) is 60.9 Å². The molecule has 61 heavy (non-hydrogen) atoms. The highest BCUT2D eigenvalue weighted by molar-refractivity contribution is 7.11. The van der Waals surface area contributed by atoms with E-state index < -0.39 is 0 Å². The lowest BCUT2D eigenvalue weighted by atomic mass is 9.81. The van der Waals surface area contributed by atoms with Gasteiger partial charge < -0.3 is 9.97 Å². The predicted octanol–water partition coefficient (Wildman–Crippen LogP) is 8.49. The Morgan fingerprint density at radius 3 is 1.74 bits per heavy atom. The van der Waals surface area contributed by atoms with Crippen molar-refractivity contribution in [2.45, 2.75) is 120 Å². The van der Waals surface area contributed by atoms with Gasteiger partial charge in [-0.15, -0.1) is 11.3 Å². The van der Waals surface area contributed by atoms with E-state index >= 15 is 0 Å². The summed E-state index contributed by atoms with van der Waals surface area (Å²) in [4.78, 5) is 101. The molecule has 0 fully saturated rings. The van der Waals surface area contributed by atoms with Gasteiger partial charge in [0.1, 0.15) is 11.6 Å². The van der Waals surface area contributed by atoms with E-state index in [0.717, 1.165) is 32.3 Å². The quantitative estimate of drug-likeness (QED) is 0.111. The van der Waals surface area contributed by atoms with Crippen LogP contribution in [0.4, 0.5) is 0 Å². The number of ketones is 6. The smallest absolute Gasteiger partial charge is 0.186 e. The number of fused-ring (bicyclic) bond motifs is 1. The number of thiazole rings is 1. The molecule has 7 rings (SSSR count). The Balaban J connectivity index is 0.933. The molecule has 1 aromatic carbocycles. The number of benzene rings is 1. The van der Waals surface area contributed by atoms with E-state index in [-0.39, 0.29) is 41.1 Å². The van der Waals surface area contributed by atoms with Gasteiger partial charge in [-0.3, -0.25) is 28.8 Å². The van der Waals surface area contributed by atoms with Crippen LogP contribution in [0.2, 0.25) is 0 Å². The molecular formula is C49H51N5O6S. The Morgan fingerprint density at radius 2 is 1.05 bits per heavy atom. The van der Waals surface area contributed by atoms with E-state index in [4.69, 9.17) is 0 Å². The summed E-state index contributed by atoms with van der Waals surface area (Å²) in [5.41, 5.74) is 9.57. The van der Waals surface area contributed by atoms with Gasteiger partial charge in [0.15, 0.2) is 34.7 Å². The molecule has 314 valence electrons. The number of H-pyrrole nitrogens is 2. The molecule has 0 amide bonds. The average molecular weight is 838 g/mol. The first-order chi connectivity index (χ1) is 29.0. The summed E-state index contributed by atoms with van der Waals surface area (Å²) in [5, 5.41) is 0.819. The van der Waals surface area contributed by atoms with Crippen LogP contribution < -0.4 is 0 Å². The van der Waals surface area contributed by atoms with Crippen molar-refractivity contribution >= 4 is 57.1 Å². The molecule has 3 heterocycles. The van der Waals surface area contributed by atoms with Crippen molar-refractivity contribution in [1.29, 1.82) is 0 Å². The van der Waals surface area contributed by atoms with Gasteiger partial charge in [0.05, 0.1) is 16.0 Å². The lowest BCUT2D eigenvalue weighted by molar-refractivity contribution is -0.116. The summed E-state index contributed by atoms with van der Waals surface area (Å²) < 4.78 is 0. The molecular weight excluding hydrogens is 787 g/mol. The van der Waals surface area contributed by atoms with E-state index in [2.05, 4.69) is 31.0 Å². The van der Waals surface area contributed by atoms with Crippen LogP contribution in [0, 0.1) is 6.92 Å². The molecule has 0 spiro atoms. The van der Waals surface area contributed by atoms with Crippen LogP contribution >= 0.6 is 11.3 Å². The molecule has 0 atom stereocenters. The number of allylic oxidation sites excluding steroid dienone is 12. The normalized spacial score (nSPS) is 17.0. The van der Waals surface area contributed by atoms with Gasteiger partial charge in [-0.25, -0.2) is 15.0 Å². The Hall–Kier alpha value is -6.01. The molecule has 3 aliphatic rings. The lowest BCUT2D eigenvalue weighted by Gasteiger charge is -2.20. The molecule has 12 heteroatoms. The Kier molecular flexibility index (Phi) is 12.4. The minimum atomic E-state index is -0.165. The minimum Gasteiger partial charge on any atom is -0.346 e. The van der Waals surface area contributed by atoms with Crippen molar-refractivity contribution in [2.24, 2.45) is 0 Å². The van der Waals surface area contributed by atoms with Gasteiger partial charge in [0.25, 0.3) is 0 Å². The fourth-order valence-electron chi connectivity index (χ4n) is 8.57. The maximum absolute atomic E-state index is 14.0. The van der Waals surface area contributed by atoms with Gasteiger partial charge in [-0.2, -0.15) is 0 Å². The number of carbonyl (C=O) groups excluding carboxylic acids is 6. The standard InChI is InChI=1S/C49H51N5O6S/c1-24-12-17-39-40(20-24)54-42(53-39)11-9-10-34-27(4)45(56)29(6)36(48(34)59)14-13-33-23-51-43(61-33)19-16-37-30(7)46(57)31(8)38(49(37)60)21-32-22-50-41(52-32)18-15-35-28(5)44(55)25(2)26(3)47(35)58/h12,17,20,22-23H,9-11,13-16,18-19,21H2,1-8H3,(H,50,52)(H,53,54). The van der Waals surface area contributed by atoms with Crippen molar-refractivity contribution in [3.63, 3.8) is 0 Å². The molecule has 0 saturated carbocycles. The number of aryl methyl sites for hydroxylation is 5. The summed E-state index contributed by atoms with van der Waals surface area (Å²) in [6.07, 6.45) is 8.05. The Bertz CT molecular complexity index is 2790. The van der Waals surface area contributed by atoms with Crippen molar-refractivity contribution in [1.82, 2.24) is 24.9 Å². The highest BCUT2D eigenvalue weighted by Crippen LogP contribution is 2.33. The second kappa shape index (κ2) is 17.5. The number of rotatable bonds is 15. The SMILES string of the molecule is CC1=C(C)C(=O)C(CCc2ncc(CC3=C(C)C(=O)C(C)=C(CCc4ncc(CCC5=C(C)C(=O)C(C)=C(CCCc6nc7ccc(C)cc7[nH]6)C5=O)s4)C3=O)[nH]2)=C(C)C1=O. The van der Waals surface area contributed by atoms with Crippen LogP contribution in [0.25, 0.3) is 11.0 Å². The first kappa shape index (κ1) is 43.1. The number of hydrogen-bond acceptors (Lipinski definition) is 10. The maximum Gasteiger partial charge on any atom is 0.186 e. The van der Waals surface area contributed by atoms with Gasteiger partial charge >= 0.3 is 0 Å². The van der Waals surface area contributed by atoms with E-state index in [0.29, 0.717) is 136 Å². The van der Waals surface area contributed by atoms with E-state index in [9.17, 15) is 28.8 Å². The molecule has 0 bridgehead atoms. The average Bonchev–Trinajstić information content (AvgIpc) is 4.00. The van der Waals surface area contributed by atoms with E-state index in [1.54, 1.807) is 60.9 Å². The number of aromatic amines is 2. The maximum atomic E-state index is 14.0. The first-order valence-electron chi connectivity index (χ1n) is 20.9.